The predicted octanol–water partition coefficient (Wildman–Crippen LogP) is 2.66. The van der Waals surface area contributed by atoms with Gasteiger partial charge in [0.1, 0.15) is 0 Å². The van der Waals surface area contributed by atoms with Gasteiger partial charge < -0.3 is 5.32 Å². The molecule has 1 atom stereocenters. The molecule has 1 fully saturated rings. The highest BCUT2D eigenvalue weighted by atomic mass is 16.2. The molecule has 1 aliphatic carbocycles. The standard InChI is InChI=1S/C15H19NO2/c1-3-10(2)11-4-6-12(7-5-11)14(17)15(18)16-13-8-9-13/h4-7,10,13H,3,8-9H2,1-2H3,(H,16,18). The van der Waals surface area contributed by atoms with Crippen molar-refractivity contribution in [3.63, 3.8) is 0 Å². The molecule has 96 valence electrons. The van der Waals surface area contributed by atoms with Crippen molar-refractivity contribution in [2.24, 2.45) is 0 Å². The minimum Gasteiger partial charge on any atom is -0.346 e. The van der Waals surface area contributed by atoms with E-state index in [1.54, 1.807) is 12.1 Å². The number of hydrogen-bond donors (Lipinski definition) is 1. The normalized spacial score (nSPS) is 16.1. The van der Waals surface area contributed by atoms with E-state index in [0.717, 1.165) is 19.3 Å². The summed E-state index contributed by atoms with van der Waals surface area (Å²) in [6.07, 6.45) is 3.05. The molecule has 0 aliphatic heterocycles. The summed E-state index contributed by atoms with van der Waals surface area (Å²) in [4.78, 5) is 23.5. The van der Waals surface area contributed by atoms with Gasteiger partial charge in [-0.15, -0.1) is 0 Å². The van der Waals surface area contributed by atoms with Gasteiger partial charge in [0.05, 0.1) is 0 Å². The van der Waals surface area contributed by atoms with Gasteiger partial charge in [-0.3, -0.25) is 9.59 Å². The first kappa shape index (κ1) is 12.8. The average molecular weight is 245 g/mol. The van der Waals surface area contributed by atoms with Crippen molar-refractivity contribution in [2.45, 2.75) is 45.1 Å². The van der Waals surface area contributed by atoms with Gasteiger partial charge >= 0.3 is 0 Å². The molecule has 0 heterocycles. The van der Waals surface area contributed by atoms with E-state index in [9.17, 15) is 9.59 Å². The number of ketones is 1. The molecule has 1 saturated carbocycles. The number of rotatable bonds is 5. The molecule has 1 aromatic carbocycles. The summed E-state index contributed by atoms with van der Waals surface area (Å²) in [5.74, 6) is -0.430. The Hall–Kier alpha value is -1.64. The molecular weight excluding hydrogens is 226 g/mol. The summed E-state index contributed by atoms with van der Waals surface area (Å²) in [5.41, 5.74) is 1.68. The second-order valence-electron chi connectivity index (χ2n) is 5.01. The van der Waals surface area contributed by atoms with Gasteiger partial charge in [-0.1, -0.05) is 38.1 Å². The van der Waals surface area contributed by atoms with E-state index in [4.69, 9.17) is 0 Å². The van der Waals surface area contributed by atoms with Crippen LogP contribution >= 0.6 is 0 Å². The van der Waals surface area contributed by atoms with Crippen LogP contribution in [-0.4, -0.2) is 17.7 Å². The molecule has 0 aromatic heterocycles. The Labute approximate surface area is 108 Å². The molecule has 1 unspecified atom stereocenters. The Balaban J connectivity index is 2.03. The van der Waals surface area contributed by atoms with Gasteiger partial charge in [0.2, 0.25) is 5.78 Å². The minimum atomic E-state index is -0.478. The second kappa shape index (κ2) is 5.34. The van der Waals surface area contributed by atoms with Gasteiger partial charge in [0.25, 0.3) is 5.91 Å². The molecule has 1 amide bonds. The van der Waals surface area contributed by atoms with E-state index < -0.39 is 11.7 Å². The maximum Gasteiger partial charge on any atom is 0.292 e. The summed E-state index contributed by atoms with van der Waals surface area (Å²) < 4.78 is 0. The molecule has 1 N–H and O–H groups in total. The lowest BCUT2D eigenvalue weighted by molar-refractivity contribution is -0.117. The van der Waals surface area contributed by atoms with Crippen LogP contribution in [0.5, 0.6) is 0 Å². The molecule has 2 rings (SSSR count). The minimum absolute atomic E-state index is 0.223. The van der Waals surface area contributed by atoms with Gasteiger partial charge in [-0.2, -0.15) is 0 Å². The van der Waals surface area contributed by atoms with E-state index in [0.29, 0.717) is 11.5 Å². The highest BCUT2D eigenvalue weighted by Gasteiger charge is 2.26. The molecule has 0 bridgehead atoms. The van der Waals surface area contributed by atoms with Crippen molar-refractivity contribution in [1.29, 1.82) is 0 Å². The van der Waals surface area contributed by atoms with Gasteiger partial charge in [-0.25, -0.2) is 0 Å². The molecule has 1 aliphatic rings. The van der Waals surface area contributed by atoms with Crippen molar-refractivity contribution in [3.05, 3.63) is 35.4 Å². The van der Waals surface area contributed by atoms with Crippen LogP contribution in [0.15, 0.2) is 24.3 Å². The van der Waals surface area contributed by atoms with E-state index in [1.807, 2.05) is 12.1 Å². The molecule has 3 nitrogen and oxygen atoms in total. The van der Waals surface area contributed by atoms with Crippen LogP contribution in [0.1, 0.15) is 54.9 Å². The number of carbonyl (C=O) groups is 2. The van der Waals surface area contributed by atoms with Crippen molar-refractivity contribution in [3.8, 4) is 0 Å². The van der Waals surface area contributed by atoms with Crippen LogP contribution < -0.4 is 5.32 Å². The lowest BCUT2D eigenvalue weighted by Gasteiger charge is -2.09. The fraction of sp³-hybridized carbons (Fsp3) is 0.467. The fourth-order valence-electron chi connectivity index (χ4n) is 1.81. The smallest absolute Gasteiger partial charge is 0.292 e. The molecule has 18 heavy (non-hydrogen) atoms. The topological polar surface area (TPSA) is 46.2 Å². The first-order valence-electron chi connectivity index (χ1n) is 6.57. The Kier molecular flexibility index (Phi) is 3.80. The molecule has 0 spiro atoms. The van der Waals surface area contributed by atoms with Crippen molar-refractivity contribution < 1.29 is 9.59 Å². The monoisotopic (exact) mass is 245 g/mol. The number of carbonyl (C=O) groups excluding carboxylic acids is 2. The van der Waals surface area contributed by atoms with Crippen LogP contribution in [0.4, 0.5) is 0 Å². The maximum atomic E-state index is 11.8. The third-order valence-electron chi connectivity index (χ3n) is 3.47. The first-order valence-corrected chi connectivity index (χ1v) is 6.57. The molecular formula is C15H19NO2. The number of amides is 1. The summed E-state index contributed by atoms with van der Waals surface area (Å²) in [5, 5.41) is 2.71. The third-order valence-corrected chi connectivity index (χ3v) is 3.47. The van der Waals surface area contributed by atoms with Crippen molar-refractivity contribution in [1.82, 2.24) is 5.32 Å². The summed E-state index contributed by atoms with van der Waals surface area (Å²) in [6, 6.07) is 7.59. The van der Waals surface area contributed by atoms with E-state index >= 15 is 0 Å². The number of Topliss-reactive ketones (excluding diaryl/α,β-unsaturated/α-hetero) is 1. The van der Waals surface area contributed by atoms with Crippen molar-refractivity contribution >= 4 is 11.7 Å². The summed E-state index contributed by atoms with van der Waals surface area (Å²) >= 11 is 0. The highest BCUT2D eigenvalue weighted by Crippen LogP contribution is 2.20. The zero-order valence-corrected chi connectivity index (χ0v) is 10.9. The van der Waals surface area contributed by atoms with Gasteiger partial charge in [0, 0.05) is 11.6 Å². The van der Waals surface area contributed by atoms with Crippen LogP contribution in [0, 0.1) is 0 Å². The second-order valence-corrected chi connectivity index (χ2v) is 5.01. The Morgan fingerprint density at radius 1 is 1.28 bits per heavy atom. The maximum absolute atomic E-state index is 11.8. The number of hydrogen-bond acceptors (Lipinski definition) is 2. The zero-order valence-electron chi connectivity index (χ0n) is 10.9. The SMILES string of the molecule is CCC(C)c1ccc(C(=O)C(=O)NC2CC2)cc1. The average Bonchev–Trinajstić information content (AvgIpc) is 3.21. The fourth-order valence-corrected chi connectivity index (χ4v) is 1.81. The molecule has 0 radical (unpaired) electrons. The number of benzene rings is 1. The summed E-state index contributed by atoms with van der Waals surface area (Å²) in [7, 11) is 0. The van der Waals surface area contributed by atoms with Crippen LogP contribution in [0.3, 0.4) is 0 Å². The highest BCUT2D eigenvalue weighted by molar-refractivity contribution is 6.42. The molecule has 0 saturated heterocycles. The Morgan fingerprint density at radius 3 is 2.39 bits per heavy atom. The molecule has 1 aromatic rings. The van der Waals surface area contributed by atoms with Gasteiger partial charge in [0.15, 0.2) is 0 Å². The summed E-state index contributed by atoms with van der Waals surface area (Å²) in [6.45, 7) is 4.28. The third kappa shape index (κ3) is 2.97. The lowest BCUT2D eigenvalue weighted by atomic mass is 9.97. The lowest BCUT2D eigenvalue weighted by Crippen LogP contribution is -2.32. The zero-order chi connectivity index (χ0) is 13.1. The quantitative estimate of drug-likeness (QED) is 0.640. The van der Waals surface area contributed by atoms with Crippen molar-refractivity contribution in [2.75, 3.05) is 0 Å². The predicted molar refractivity (Wildman–Crippen MR) is 70.6 cm³/mol. The Morgan fingerprint density at radius 2 is 1.89 bits per heavy atom. The van der Waals surface area contributed by atoms with Gasteiger partial charge in [-0.05, 0) is 30.7 Å². The van der Waals surface area contributed by atoms with E-state index in [1.165, 1.54) is 5.56 Å². The number of nitrogens with one attached hydrogen (secondary N) is 1. The molecule has 3 heteroatoms. The van der Waals surface area contributed by atoms with E-state index in [2.05, 4.69) is 19.2 Å². The largest absolute Gasteiger partial charge is 0.346 e. The Bertz CT molecular complexity index is 446. The van der Waals surface area contributed by atoms with Crippen LogP contribution in [0.25, 0.3) is 0 Å². The first-order chi connectivity index (χ1) is 8.61. The van der Waals surface area contributed by atoms with E-state index in [-0.39, 0.29) is 6.04 Å². The van der Waals surface area contributed by atoms with Crippen LogP contribution in [-0.2, 0) is 4.79 Å². The van der Waals surface area contributed by atoms with Crippen LogP contribution in [0.2, 0.25) is 0 Å².